The van der Waals surface area contributed by atoms with Crippen LogP contribution in [0.25, 0.3) is 10.2 Å². The van der Waals surface area contributed by atoms with E-state index in [-0.39, 0.29) is 27.6 Å². The molecule has 0 fully saturated rings. The van der Waals surface area contributed by atoms with E-state index in [2.05, 4.69) is 10.0 Å². The van der Waals surface area contributed by atoms with Crippen LogP contribution in [0.1, 0.15) is 21.5 Å². The predicted octanol–water partition coefficient (Wildman–Crippen LogP) is 5.50. The second-order valence-electron chi connectivity index (χ2n) is 8.49. The number of fused-ring (bicyclic) bond motifs is 1. The van der Waals surface area contributed by atoms with Gasteiger partial charge in [0.05, 0.1) is 32.9 Å². The molecule has 5 aromatic rings. The van der Waals surface area contributed by atoms with Gasteiger partial charge >= 0.3 is 4.87 Å². The summed E-state index contributed by atoms with van der Waals surface area (Å²) in [5.41, 5.74) is 2.68. The molecule has 10 heteroatoms. The summed E-state index contributed by atoms with van der Waals surface area (Å²) in [5.74, 6) is -0.405. The molecule has 0 unspecified atom stereocenters. The van der Waals surface area contributed by atoms with E-state index in [0.29, 0.717) is 21.8 Å². The maximum absolute atomic E-state index is 13.3. The lowest BCUT2D eigenvalue weighted by Crippen LogP contribution is -2.25. The number of thiazole rings is 1. The van der Waals surface area contributed by atoms with Gasteiger partial charge in [-0.15, -0.1) is 0 Å². The Morgan fingerprint density at radius 1 is 0.895 bits per heavy atom. The number of nitrogens with one attached hydrogen (secondary N) is 2. The second-order valence-corrected chi connectivity index (χ2v) is 11.6. The summed E-state index contributed by atoms with van der Waals surface area (Å²) >= 11 is 7.23. The van der Waals surface area contributed by atoms with Gasteiger partial charge in [0.25, 0.3) is 15.9 Å². The van der Waals surface area contributed by atoms with Crippen LogP contribution in [0.5, 0.6) is 0 Å². The smallest absolute Gasteiger partial charge is 0.308 e. The summed E-state index contributed by atoms with van der Waals surface area (Å²) in [6, 6.07) is 27.6. The van der Waals surface area contributed by atoms with Crippen molar-refractivity contribution >= 4 is 54.8 Å². The van der Waals surface area contributed by atoms with E-state index in [0.717, 1.165) is 22.5 Å². The molecule has 0 aliphatic carbocycles. The fourth-order valence-corrected chi connectivity index (χ4v) is 6.31. The first kappa shape index (κ1) is 25.7. The zero-order chi connectivity index (χ0) is 26.7. The Kier molecular flexibility index (Phi) is 7.33. The molecule has 0 spiro atoms. The van der Waals surface area contributed by atoms with Gasteiger partial charge in [-0.05, 0) is 47.5 Å². The van der Waals surface area contributed by atoms with Crippen LogP contribution < -0.4 is 14.9 Å². The van der Waals surface area contributed by atoms with Crippen molar-refractivity contribution in [3.8, 4) is 0 Å². The Hall–Kier alpha value is -3.92. The molecule has 4 aromatic carbocycles. The highest BCUT2D eigenvalue weighted by Gasteiger charge is 2.20. The first-order valence-corrected chi connectivity index (χ1v) is 14.3. The van der Waals surface area contributed by atoms with Crippen LogP contribution in [-0.2, 0) is 23.1 Å². The number of amides is 1. The van der Waals surface area contributed by atoms with Crippen LogP contribution in [0.3, 0.4) is 0 Å². The minimum atomic E-state index is -4.05. The molecule has 7 nitrogen and oxygen atoms in total. The van der Waals surface area contributed by atoms with Gasteiger partial charge in [-0.1, -0.05) is 83.6 Å². The lowest BCUT2D eigenvalue weighted by atomic mass is 10.1. The number of halogens is 1. The molecule has 0 aliphatic rings. The lowest BCUT2D eigenvalue weighted by Gasteiger charge is -2.13. The molecule has 0 atom stereocenters. The number of aromatic nitrogens is 1. The number of rotatable bonds is 8. The Labute approximate surface area is 228 Å². The molecule has 0 aliphatic heterocycles. The molecular formula is C28H22ClN3O4S2. The molecule has 38 heavy (non-hydrogen) atoms. The average Bonchev–Trinajstić information content (AvgIpc) is 3.23. The molecule has 5 rings (SSSR count). The normalized spacial score (nSPS) is 11.4. The van der Waals surface area contributed by atoms with Crippen molar-refractivity contribution in [3.05, 3.63) is 128 Å². The fraction of sp³-hybridized carbons (Fsp3) is 0.0714. The van der Waals surface area contributed by atoms with E-state index in [9.17, 15) is 18.0 Å². The monoisotopic (exact) mass is 563 g/mol. The summed E-state index contributed by atoms with van der Waals surface area (Å²) in [5, 5.41) is 3.37. The van der Waals surface area contributed by atoms with Crippen LogP contribution in [0.2, 0.25) is 5.02 Å². The van der Waals surface area contributed by atoms with Crippen molar-refractivity contribution < 1.29 is 13.2 Å². The number of anilines is 1. The van der Waals surface area contributed by atoms with Crippen molar-refractivity contribution in [2.75, 3.05) is 4.72 Å². The molecule has 0 bridgehead atoms. The summed E-state index contributed by atoms with van der Waals surface area (Å²) in [7, 11) is -4.05. The summed E-state index contributed by atoms with van der Waals surface area (Å²) < 4.78 is 31.2. The van der Waals surface area contributed by atoms with Gasteiger partial charge in [0.2, 0.25) is 0 Å². The molecule has 1 heterocycles. The molecule has 1 amide bonds. The maximum Gasteiger partial charge on any atom is 0.308 e. The van der Waals surface area contributed by atoms with E-state index in [1.807, 2.05) is 48.5 Å². The number of carbonyl (C=O) groups excluding carboxylic acids is 1. The van der Waals surface area contributed by atoms with Crippen molar-refractivity contribution in [2.45, 2.75) is 18.0 Å². The number of hydrogen-bond donors (Lipinski definition) is 2. The van der Waals surface area contributed by atoms with Gasteiger partial charge in [-0.25, -0.2) is 8.42 Å². The molecule has 1 aromatic heterocycles. The Balaban J connectivity index is 1.39. The van der Waals surface area contributed by atoms with Crippen LogP contribution in [0.15, 0.2) is 107 Å². The third kappa shape index (κ3) is 5.50. The summed E-state index contributed by atoms with van der Waals surface area (Å²) in [6.45, 7) is 0.579. The Bertz CT molecular complexity index is 1800. The first-order valence-electron chi connectivity index (χ1n) is 11.6. The fourth-order valence-electron chi connectivity index (χ4n) is 4.01. The van der Waals surface area contributed by atoms with Gasteiger partial charge in [-0.3, -0.25) is 18.9 Å². The minimum Gasteiger partial charge on any atom is -0.348 e. The van der Waals surface area contributed by atoms with Gasteiger partial charge in [0.15, 0.2) is 0 Å². The van der Waals surface area contributed by atoms with Crippen molar-refractivity contribution in [1.82, 2.24) is 9.88 Å². The zero-order valence-corrected chi connectivity index (χ0v) is 22.3. The van der Waals surface area contributed by atoms with E-state index >= 15 is 0 Å². The van der Waals surface area contributed by atoms with Crippen molar-refractivity contribution in [3.63, 3.8) is 0 Å². The van der Waals surface area contributed by atoms with Crippen LogP contribution in [0, 0.1) is 0 Å². The first-order chi connectivity index (χ1) is 18.3. The molecule has 0 saturated carbocycles. The highest BCUT2D eigenvalue weighted by molar-refractivity contribution is 7.92. The maximum atomic E-state index is 13.3. The second kappa shape index (κ2) is 10.8. The lowest BCUT2D eigenvalue weighted by molar-refractivity contribution is 0.0952. The Morgan fingerprint density at radius 2 is 1.61 bits per heavy atom. The van der Waals surface area contributed by atoms with Crippen LogP contribution >= 0.6 is 22.9 Å². The highest BCUT2D eigenvalue weighted by Crippen LogP contribution is 2.26. The van der Waals surface area contributed by atoms with E-state index < -0.39 is 15.9 Å². The van der Waals surface area contributed by atoms with Gasteiger partial charge < -0.3 is 5.32 Å². The molecular weight excluding hydrogens is 542 g/mol. The third-order valence-electron chi connectivity index (χ3n) is 5.95. The summed E-state index contributed by atoms with van der Waals surface area (Å²) in [6.07, 6.45) is 0. The Morgan fingerprint density at radius 3 is 2.39 bits per heavy atom. The summed E-state index contributed by atoms with van der Waals surface area (Å²) in [4.78, 5) is 25.3. The number of hydrogen-bond acceptors (Lipinski definition) is 5. The molecule has 192 valence electrons. The van der Waals surface area contributed by atoms with Crippen LogP contribution in [0.4, 0.5) is 5.69 Å². The zero-order valence-electron chi connectivity index (χ0n) is 19.9. The highest BCUT2D eigenvalue weighted by atomic mass is 35.5. The quantitative estimate of drug-likeness (QED) is 0.261. The van der Waals surface area contributed by atoms with Gasteiger partial charge in [-0.2, -0.15) is 0 Å². The minimum absolute atomic E-state index is 0.0179. The molecule has 0 saturated heterocycles. The van der Waals surface area contributed by atoms with Crippen LogP contribution in [-0.4, -0.2) is 18.9 Å². The topological polar surface area (TPSA) is 97.3 Å². The number of para-hydroxylation sites is 1. The number of sulfonamides is 1. The molecule has 2 N–H and O–H groups in total. The van der Waals surface area contributed by atoms with Gasteiger partial charge in [0, 0.05) is 11.6 Å². The van der Waals surface area contributed by atoms with E-state index in [4.69, 9.17) is 11.6 Å². The molecule has 0 radical (unpaired) electrons. The largest absolute Gasteiger partial charge is 0.348 e. The van der Waals surface area contributed by atoms with Crippen molar-refractivity contribution in [2.24, 2.45) is 0 Å². The average molecular weight is 564 g/mol. The van der Waals surface area contributed by atoms with E-state index in [1.165, 1.54) is 18.2 Å². The van der Waals surface area contributed by atoms with E-state index in [1.54, 1.807) is 34.9 Å². The SMILES string of the molecule is O=C(NCc1ccccc1)c1ccccc1NS(=O)(=O)c1ccc2c(c1)sc(=O)n2Cc1ccccc1Cl. The number of carbonyl (C=O) groups is 1. The predicted molar refractivity (Wildman–Crippen MR) is 152 cm³/mol. The van der Waals surface area contributed by atoms with Gasteiger partial charge in [0.1, 0.15) is 0 Å². The standard InChI is InChI=1S/C28H22ClN3O4S2/c29-23-12-6-4-10-20(23)18-32-25-15-14-21(16-26(25)37-28(32)34)38(35,36)31-24-13-7-5-11-22(24)27(33)30-17-19-8-2-1-3-9-19/h1-16,31H,17-18H2,(H,30,33). The van der Waals surface area contributed by atoms with Crippen molar-refractivity contribution in [1.29, 1.82) is 0 Å². The third-order valence-corrected chi connectivity index (χ3v) is 8.62. The number of benzene rings is 4. The number of nitrogens with zero attached hydrogens (tertiary/aromatic N) is 1.